The van der Waals surface area contributed by atoms with Gasteiger partial charge in [0.15, 0.2) is 9.84 Å². The molecule has 1 atom stereocenters. The van der Waals surface area contributed by atoms with Gasteiger partial charge < -0.3 is 5.32 Å². The molecule has 0 amide bonds. The molecule has 0 saturated carbocycles. The zero-order chi connectivity index (χ0) is 14.7. The van der Waals surface area contributed by atoms with Crippen molar-refractivity contribution in [3.63, 3.8) is 0 Å². The molecule has 1 N–H and O–H groups in total. The molecular weight excluding hydrogens is 326 g/mol. The highest BCUT2D eigenvalue weighted by molar-refractivity contribution is 9.10. The Kier molecular flexibility index (Phi) is 5.59. The summed E-state index contributed by atoms with van der Waals surface area (Å²) in [4.78, 5) is 0. The van der Waals surface area contributed by atoms with Crippen LogP contribution < -0.4 is 5.32 Å². The minimum absolute atomic E-state index is 0.103. The van der Waals surface area contributed by atoms with E-state index in [9.17, 15) is 8.42 Å². The van der Waals surface area contributed by atoms with E-state index in [1.54, 1.807) is 13.8 Å². The van der Waals surface area contributed by atoms with Gasteiger partial charge in [-0.3, -0.25) is 0 Å². The molecule has 0 saturated heterocycles. The first-order chi connectivity index (χ1) is 8.68. The lowest BCUT2D eigenvalue weighted by atomic mass is 9.95. The highest BCUT2D eigenvalue weighted by Crippen LogP contribution is 2.23. The molecule has 0 aliphatic rings. The molecule has 0 aromatic heterocycles. The van der Waals surface area contributed by atoms with Gasteiger partial charge in [-0.05, 0) is 44.5 Å². The SMILES string of the molecule is CCNC(Cc1ccc(Br)cc1)C(C)(C)S(C)(=O)=O. The van der Waals surface area contributed by atoms with Crippen molar-refractivity contribution >= 4 is 25.8 Å². The third-order valence-electron chi connectivity index (χ3n) is 3.60. The van der Waals surface area contributed by atoms with Crippen molar-refractivity contribution in [1.82, 2.24) is 5.32 Å². The number of halogens is 1. The molecule has 0 fully saturated rings. The van der Waals surface area contributed by atoms with Crippen LogP contribution in [0.5, 0.6) is 0 Å². The molecule has 0 radical (unpaired) electrons. The zero-order valence-electron chi connectivity index (χ0n) is 11.9. The zero-order valence-corrected chi connectivity index (χ0v) is 14.3. The van der Waals surface area contributed by atoms with E-state index in [-0.39, 0.29) is 6.04 Å². The Morgan fingerprint density at radius 3 is 2.21 bits per heavy atom. The molecule has 1 unspecified atom stereocenters. The maximum Gasteiger partial charge on any atom is 0.154 e. The number of hydrogen-bond acceptors (Lipinski definition) is 3. The van der Waals surface area contributed by atoms with E-state index < -0.39 is 14.6 Å². The van der Waals surface area contributed by atoms with E-state index in [1.165, 1.54) is 6.26 Å². The molecule has 3 nitrogen and oxygen atoms in total. The Hall–Kier alpha value is -0.390. The fourth-order valence-electron chi connectivity index (χ4n) is 1.92. The highest BCUT2D eigenvalue weighted by atomic mass is 79.9. The third-order valence-corrected chi connectivity index (χ3v) is 6.32. The van der Waals surface area contributed by atoms with E-state index >= 15 is 0 Å². The van der Waals surface area contributed by atoms with Crippen LogP contribution in [0.25, 0.3) is 0 Å². The van der Waals surface area contributed by atoms with Gasteiger partial charge in [0.25, 0.3) is 0 Å². The fraction of sp³-hybridized carbons (Fsp3) is 0.571. The summed E-state index contributed by atoms with van der Waals surface area (Å²) in [5.74, 6) is 0. The van der Waals surface area contributed by atoms with Crippen LogP contribution in [0, 0.1) is 0 Å². The van der Waals surface area contributed by atoms with Crippen LogP contribution in [0.15, 0.2) is 28.7 Å². The average Bonchev–Trinajstić information content (AvgIpc) is 2.30. The largest absolute Gasteiger partial charge is 0.312 e. The first-order valence-corrected chi connectivity index (χ1v) is 9.04. The first kappa shape index (κ1) is 16.7. The summed E-state index contributed by atoms with van der Waals surface area (Å²) in [6.07, 6.45) is 2.00. The predicted octanol–water partition coefficient (Wildman–Crippen LogP) is 2.79. The summed E-state index contributed by atoms with van der Waals surface area (Å²) >= 11 is 3.40. The summed E-state index contributed by atoms with van der Waals surface area (Å²) in [5, 5.41) is 3.30. The Labute approximate surface area is 124 Å². The molecule has 0 aliphatic heterocycles. The fourth-order valence-corrected chi connectivity index (χ4v) is 2.87. The Morgan fingerprint density at radius 1 is 1.26 bits per heavy atom. The van der Waals surface area contributed by atoms with Crippen LogP contribution >= 0.6 is 15.9 Å². The molecule has 0 aliphatic carbocycles. The third kappa shape index (κ3) is 4.29. The summed E-state index contributed by atoms with van der Waals surface area (Å²) in [7, 11) is -3.12. The molecular formula is C14H22BrNO2S. The van der Waals surface area contributed by atoms with E-state index in [0.717, 1.165) is 16.6 Å². The van der Waals surface area contributed by atoms with Crippen LogP contribution in [-0.4, -0.2) is 32.0 Å². The second-order valence-electron chi connectivity index (χ2n) is 5.32. The quantitative estimate of drug-likeness (QED) is 0.860. The van der Waals surface area contributed by atoms with Crippen LogP contribution in [-0.2, 0) is 16.3 Å². The van der Waals surface area contributed by atoms with Crippen molar-refractivity contribution in [2.45, 2.75) is 38.0 Å². The van der Waals surface area contributed by atoms with Crippen molar-refractivity contribution in [3.8, 4) is 0 Å². The van der Waals surface area contributed by atoms with Gasteiger partial charge in [-0.1, -0.05) is 35.0 Å². The maximum absolute atomic E-state index is 12.0. The average molecular weight is 348 g/mol. The Balaban J connectivity index is 2.99. The summed E-state index contributed by atoms with van der Waals surface area (Å²) in [6.45, 7) is 6.32. The first-order valence-electron chi connectivity index (χ1n) is 6.36. The van der Waals surface area contributed by atoms with Gasteiger partial charge in [0.2, 0.25) is 0 Å². The van der Waals surface area contributed by atoms with Crippen LogP contribution in [0.2, 0.25) is 0 Å². The van der Waals surface area contributed by atoms with Crippen molar-refractivity contribution in [1.29, 1.82) is 0 Å². The second-order valence-corrected chi connectivity index (χ2v) is 8.83. The van der Waals surface area contributed by atoms with Crippen LogP contribution in [0.3, 0.4) is 0 Å². The lowest BCUT2D eigenvalue weighted by Gasteiger charge is -2.33. The van der Waals surface area contributed by atoms with Crippen molar-refractivity contribution in [2.75, 3.05) is 12.8 Å². The lowest BCUT2D eigenvalue weighted by molar-refractivity contribution is 0.413. The molecule has 1 aromatic carbocycles. The molecule has 5 heteroatoms. The van der Waals surface area contributed by atoms with E-state index in [0.29, 0.717) is 6.42 Å². The van der Waals surface area contributed by atoms with Gasteiger partial charge in [-0.2, -0.15) is 0 Å². The molecule has 1 aromatic rings. The molecule has 108 valence electrons. The number of sulfone groups is 1. The van der Waals surface area contributed by atoms with Crippen LogP contribution in [0.4, 0.5) is 0 Å². The summed E-state index contributed by atoms with van der Waals surface area (Å²) < 4.78 is 24.2. The number of hydrogen-bond donors (Lipinski definition) is 1. The van der Waals surface area contributed by atoms with Gasteiger partial charge in [0.1, 0.15) is 0 Å². The summed E-state index contributed by atoms with van der Waals surface area (Å²) in [5.41, 5.74) is 1.13. The van der Waals surface area contributed by atoms with Crippen molar-refractivity contribution in [2.24, 2.45) is 0 Å². The smallest absolute Gasteiger partial charge is 0.154 e. The Bertz CT molecular complexity index is 509. The lowest BCUT2D eigenvalue weighted by Crippen LogP contribution is -2.52. The van der Waals surface area contributed by atoms with E-state index in [2.05, 4.69) is 21.2 Å². The molecule has 19 heavy (non-hydrogen) atoms. The van der Waals surface area contributed by atoms with E-state index in [4.69, 9.17) is 0 Å². The van der Waals surface area contributed by atoms with Gasteiger partial charge in [-0.25, -0.2) is 8.42 Å². The highest BCUT2D eigenvalue weighted by Gasteiger charge is 2.38. The number of nitrogens with one attached hydrogen (secondary N) is 1. The predicted molar refractivity (Wildman–Crippen MR) is 84.2 cm³/mol. The maximum atomic E-state index is 12.0. The molecule has 0 heterocycles. The molecule has 0 spiro atoms. The standard InChI is InChI=1S/C14H22BrNO2S/c1-5-16-13(14(2,3)19(4,17)18)10-11-6-8-12(15)9-7-11/h6-9,13,16H,5,10H2,1-4H3. The molecule has 1 rings (SSSR count). The van der Waals surface area contributed by atoms with Crippen LogP contribution in [0.1, 0.15) is 26.3 Å². The van der Waals surface area contributed by atoms with Crippen molar-refractivity contribution in [3.05, 3.63) is 34.3 Å². The van der Waals surface area contributed by atoms with Gasteiger partial charge in [0, 0.05) is 16.8 Å². The number of rotatable bonds is 6. The molecule has 0 bridgehead atoms. The topological polar surface area (TPSA) is 46.2 Å². The van der Waals surface area contributed by atoms with Gasteiger partial charge in [0.05, 0.1) is 4.75 Å². The normalized spacial score (nSPS) is 14.4. The minimum Gasteiger partial charge on any atom is -0.312 e. The van der Waals surface area contributed by atoms with Gasteiger partial charge in [-0.15, -0.1) is 0 Å². The minimum atomic E-state index is -3.12. The Morgan fingerprint density at radius 2 is 1.79 bits per heavy atom. The number of benzene rings is 1. The second kappa shape index (κ2) is 6.37. The van der Waals surface area contributed by atoms with E-state index in [1.807, 2.05) is 31.2 Å². The number of likely N-dealkylation sites (N-methyl/N-ethyl adjacent to an activating group) is 1. The van der Waals surface area contributed by atoms with Crippen molar-refractivity contribution < 1.29 is 8.42 Å². The monoisotopic (exact) mass is 347 g/mol. The summed E-state index contributed by atoms with van der Waals surface area (Å²) in [6, 6.07) is 7.89. The van der Waals surface area contributed by atoms with Gasteiger partial charge >= 0.3 is 0 Å².